The highest BCUT2D eigenvalue weighted by Crippen LogP contribution is 2.23. The maximum Gasteiger partial charge on any atom is 0.146 e. The van der Waals surface area contributed by atoms with Crippen molar-refractivity contribution in [1.29, 1.82) is 0 Å². The summed E-state index contributed by atoms with van der Waals surface area (Å²) in [6.07, 6.45) is 0. The SMILES string of the molecule is CCN(Cc1ccccc1Br)c1ccccc1F. The minimum absolute atomic E-state index is 0.175. The molecule has 0 aliphatic carbocycles. The van der Waals surface area contributed by atoms with Crippen molar-refractivity contribution in [2.24, 2.45) is 0 Å². The topological polar surface area (TPSA) is 3.24 Å². The van der Waals surface area contributed by atoms with Crippen molar-refractivity contribution in [2.45, 2.75) is 13.5 Å². The normalized spacial score (nSPS) is 10.4. The van der Waals surface area contributed by atoms with E-state index in [0.29, 0.717) is 12.2 Å². The molecule has 0 spiro atoms. The van der Waals surface area contributed by atoms with E-state index in [4.69, 9.17) is 0 Å². The third-order valence-electron chi connectivity index (χ3n) is 2.89. The first-order valence-corrected chi connectivity index (χ1v) is 6.74. The predicted octanol–water partition coefficient (Wildman–Crippen LogP) is 4.61. The van der Waals surface area contributed by atoms with E-state index < -0.39 is 0 Å². The average Bonchev–Trinajstić information content (AvgIpc) is 2.39. The summed E-state index contributed by atoms with van der Waals surface area (Å²) in [5, 5.41) is 0. The number of rotatable bonds is 4. The van der Waals surface area contributed by atoms with Gasteiger partial charge in [-0.15, -0.1) is 0 Å². The van der Waals surface area contributed by atoms with E-state index in [1.165, 1.54) is 6.07 Å². The molecule has 0 amide bonds. The Morgan fingerprint density at radius 1 is 1.06 bits per heavy atom. The van der Waals surface area contributed by atoms with Crippen LogP contribution in [0.5, 0.6) is 0 Å². The van der Waals surface area contributed by atoms with Crippen LogP contribution >= 0.6 is 15.9 Å². The molecule has 0 radical (unpaired) electrons. The maximum absolute atomic E-state index is 13.8. The monoisotopic (exact) mass is 307 g/mol. The van der Waals surface area contributed by atoms with E-state index in [0.717, 1.165) is 16.6 Å². The molecule has 0 fully saturated rings. The van der Waals surface area contributed by atoms with Crippen LogP contribution in [-0.4, -0.2) is 6.54 Å². The Bertz CT molecular complexity index is 527. The standard InChI is InChI=1S/C15H15BrFN/c1-2-18(15-10-6-5-9-14(15)17)11-12-7-3-4-8-13(12)16/h3-10H,2,11H2,1H3. The minimum Gasteiger partial charge on any atom is -0.365 e. The lowest BCUT2D eigenvalue weighted by Gasteiger charge is -2.24. The van der Waals surface area contributed by atoms with Crippen molar-refractivity contribution >= 4 is 21.6 Å². The van der Waals surface area contributed by atoms with E-state index in [1.807, 2.05) is 48.2 Å². The van der Waals surface area contributed by atoms with E-state index in [9.17, 15) is 4.39 Å². The van der Waals surface area contributed by atoms with E-state index in [-0.39, 0.29) is 5.82 Å². The fraction of sp³-hybridized carbons (Fsp3) is 0.200. The van der Waals surface area contributed by atoms with Crippen LogP contribution in [0.25, 0.3) is 0 Å². The van der Waals surface area contributed by atoms with Crippen molar-refractivity contribution in [3.8, 4) is 0 Å². The highest BCUT2D eigenvalue weighted by molar-refractivity contribution is 9.10. The van der Waals surface area contributed by atoms with Crippen LogP contribution < -0.4 is 4.90 Å². The van der Waals surface area contributed by atoms with Crippen LogP contribution in [0.15, 0.2) is 53.0 Å². The van der Waals surface area contributed by atoms with Gasteiger partial charge >= 0.3 is 0 Å². The van der Waals surface area contributed by atoms with Crippen molar-refractivity contribution in [2.75, 3.05) is 11.4 Å². The lowest BCUT2D eigenvalue weighted by molar-refractivity contribution is 0.618. The van der Waals surface area contributed by atoms with Gasteiger partial charge in [-0.05, 0) is 30.7 Å². The first-order chi connectivity index (χ1) is 8.72. The molecule has 0 bridgehead atoms. The van der Waals surface area contributed by atoms with Gasteiger partial charge < -0.3 is 4.90 Å². The molecule has 2 aromatic rings. The molecule has 3 heteroatoms. The zero-order valence-electron chi connectivity index (χ0n) is 10.2. The molecule has 18 heavy (non-hydrogen) atoms. The maximum atomic E-state index is 13.8. The summed E-state index contributed by atoms with van der Waals surface area (Å²) < 4.78 is 14.8. The Balaban J connectivity index is 2.26. The molecule has 0 atom stereocenters. The van der Waals surface area contributed by atoms with Gasteiger partial charge in [0.25, 0.3) is 0 Å². The van der Waals surface area contributed by atoms with Gasteiger partial charge in [-0.3, -0.25) is 0 Å². The highest BCUT2D eigenvalue weighted by Gasteiger charge is 2.10. The second-order valence-electron chi connectivity index (χ2n) is 4.06. The Morgan fingerprint density at radius 2 is 1.72 bits per heavy atom. The Kier molecular flexibility index (Phi) is 4.37. The van der Waals surface area contributed by atoms with Gasteiger partial charge in [0.05, 0.1) is 5.69 Å². The summed E-state index contributed by atoms with van der Waals surface area (Å²) in [4.78, 5) is 2.02. The molecule has 2 rings (SSSR count). The lowest BCUT2D eigenvalue weighted by atomic mass is 10.2. The summed E-state index contributed by atoms with van der Waals surface area (Å²) in [6, 6.07) is 14.9. The van der Waals surface area contributed by atoms with Crippen LogP contribution in [0.3, 0.4) is 0 Å². The molecular weight excluding hydrogens is 293 g/mol. The van der Waals surface area contributed by atoms with Crippen LogP contribution in [-0.2, 0) is 6.54 Å². The number of anilines is 1. The van der Waals surface area contributed by atoms with Crippen molar-refractivity contribution in [3.63, 3.8) is 0 Å². The van der Waals surface area contributed by atoms with Gasteiger partial charge in [0.2, 0.25) is 0 Å². The summed E-state index contributed by atoms with van der Waals surface area (Å²) in [6.45, 7) is 3.49. The van der Waals surface area contributed by atoms with E-state index in [2.05, 4.69) is 15.9 Å². The first-order valence-electron chi connectivity index (χ1n) is 5.95. The molecule has 0 saturated heterocycles. The highest BCUT2D eigenvalue weighted by atomic mass is 79.9. The van der Waals surface area contributed by atoms with Gasteiger partial charge in [0.15, 0.2) is 0 Å². The van der Waals surface area contributed by atoms with E-state index in [1.54, 1.807) is 6.07 Å². The summed E-state index contributed by atoms with van der Waals surface area (Å²) in [5.74, 6) is -0.175. The summed E-state index contributed by atoms with van der Waals surface area (Å²) in [7, 11) is 0. The van der Waals surface area contributed by atoms with Crippen molar-refractivity contribution in [1.82, 2.24) is 0 Å². The number of hydrogen-bond acceptors (Lipinski definition) is 1. The number of nitrogens with zero attached hydrogens (tertiary/aromatic N) is 1. The third kappa shape index (κ3) is 2.91. The van der Waals surface area contributed by atoms with Gasteiger partial charge in [0.1, 0.15) is 5.82 Å². The van der Waals surface area contributed by atoms with Gasteiger partial charge in [-0.2, -0.15) is 0 Å². The van der Waals surface area contributed by atoms with Gasteiger partial charge in [-0.25, -0.2) is 4.39 Å². The molecule has 1 nitrogen and oxygen atoms in total. The van der Waals surface area contributed by atoms with Gasteiger partial charge in [0, 0.05) is 17.6 Å². The lowest BCUT2D eigenvalue weighted by Crippen LogP contribution is -2.23. The molecule has 94 valence electrons. The second kappa shape index (κ2) is 6.01. The van der Waals surface area contributed by atoms with Gasteiger partial charge in [-0.1, -0.05) is 46.3 Å². The quantitative estimate of drug-likeness (QED) is 0.797. The van der Waals surface area contributed by atoms with Crippen molar-refractivity contribution in [3.05, 3.63) is 64.4 Å². The van der Waals surface area contributed by atoms with Crippen LogP contribution in [0.4, 0.5) is 10.1 Å². The third-order valence-corrected chi connectivity index (χ3v) is 3.67. The number of halogens is 2. The van der Waals surface area contributed by atoms with Crippen molar-refractivity contribution < 1.29 is 4.39 Å². The Labute approximate surface area is 115 Å². The van der Waals surface area contributed by atoms with Crippen LogP contribution in [0.2, 0.25) is 0 Å². The molecular formula is C15H15BrFN. The zero-order chi connectivity index (χ0) is 13.0. The van der Waals surface area contributed by atoms with E-state index >= 15 is 0 Å². The fourth-order valence-electron chi connectivity index (χ4n) is 1.91. The number of para-hydroxylation sites is 1. The predicted molar refractivity (Wildman–Crippen MR) is 77.3 cm³/mol. The number of hydrogen-bond donors (Lipinski definition) is 0. The van der Waals surface area contributed by atoms with Crippen LogP contribution in [0, 0.1) is 5.82 Å². The largest absolute Gasteiger partial charge is 0.365 e. The molecule has 0 saturated carbocycles. The molecule has 0 unspecified atom stereocenters. The minimum atomic E-state index is -0.175. The summed E-state index contributed by atoms with van der Waals surface area (Å²) in [5.41, 5.74) is 1.80. The Morgan fingerprint density at radius 3 is 2.39 bits per heavy atom. The fourth-order valence-corrected chi connectivity index (χ4v) is 2.32. The smallest absolute Gasteiger partial charge is 0.146 e. The second-order valence-corrected chi connectivity index (χ2v) is 4.91. The summed E-state index contributed by atoms with van der Waals surface area (Å²) >= 11 is 3.52. The number of benzene rings is 2. The molecule has 0 aliphatic heterocycles. The Hall–Kier alpha value is -1.35. The zero-order valence-corrected chi connectivity index (χ0v) is 11.8. The molecule has 0 N–H and O–H groups in total. The van der Waals surface area contributed by atoms with Crippen LogP contribution in [0.1, 0.15) is 12.5 Å². The molecule has 0 heterocycles. The first kappa shape index (κ1) is 13.1. The molecule has 0 aromatic heterocycles. The average molecular weight is 308 g/mol. The molecule has 2 aromatic carbocycles. The molecule has 0 aliphatic rings.